The molecule has 2 N–H and O–H groups in total. The molecular weight excluding hydrogens is 323 g/mol. The van der Waals surface area contributed by atoms with Crippen LogP contribution in [0.4, 0.5) is 4.39 Å². The Morgan fingerprint density at radius 1 is 1.24 bits per heavy atom. The number of fused-ring (bicyclic) bond motifs is 1. The lowest BCUT2D eigenvalue weighted by Gasteiger charge is -2.28. The number of halogens is 1. The molecule has 0 bridgehead atoms. The minimum atomic E-state index is -0.591. The highest BCUT2D eigenvalue weighted by Gasteiger charge is 2.33. The number of hydrogen-bond acceptors (Lipinski definition) is 4. The molecule has 1 unspecified atom stereocenters. The SMILES string of the molecule is CC(C)=CCc1c(O)cc(O)c2c1OC(c1ccc(F)cc1)CC2=O. The fourth-order valence-corrected chi connectivity index (χ4v) is 2.89. The normalized spacial score (nSPS) is 16.1. The molecule has 0 saturated carbocycles. The lowest BCUT2D eigenvalue weighted by molar-refractivity contribution is 0.0842. The predicted octanol–water partition coefficient (Wildman–Crippen LogP) is 4.45. The van der Waals surface area contributed by atoms with Gasteiger partial charge in [-0.3, -0.25) is 4.79 Å². The maximum atomic E-state index is 13.1. The lowest BCUT2D eigenvalue weighted by Crippen LogP contribution is -2.21. The Bertz CT molecular complexity index is 849. The Balaban J connectivity index is 2.07. The molecular formula is C20H19FO4. The van der Waals surface area contributed by atoms with Crippen LogP contribution in [0.15, 0.2) is 42.0 Å². The molecule has 2 aromatic rings. The third kappa shape index (κ3) is 3.36. The van der Waals surface area contributed by atoms with Gasteiger partial charge in [-0.2, -0.15) is 0 Å². The molecule has 5 heteroatoms. The molecule has 2 aromatic carbocycles. The van der Waals surface area contributed by atoms with Crippen molar-refractivity contribution in [3.8, 4) is 17.2 Å². The summed E-state index contributed by atoms with van der Waals surface area (Å²) in [7, 11) is 0. The number of rotatable bonds is 3. The van der Waals surface area contributed by atoms with Gasteiger partial charge in [0.1, 0.15) is 34.7 Å². The van der Waals surface area contributed by atoms with E-state index in [2.05, 4.69) is 0 Å². The number of hydrogen-bond donors (Lipinski definition) is 2. The predicted molar refractivity (Wildman–Crippen MR) is 91.6 cm³/mol. The second-order valence-corrected chi connectivity index (χ2v) is 6.37. The number of carbonyl (C=O) groups is 1. The number of benzene rings is 2. The molecule has 0 radical (unpaired) electrons. The molecule has 130 valence electrons. The van der Waals surface area contributed by atoms with Gasteiger partial charge >= 0.3 is 0 Å². The molecule has 0 fully saturated rings. The number of Topliss-reactive ketones (excluding diaryl/α,β-unsaturated/α-hetero) is 1. The number of allylic oxidation sites excluding steroid dienone is 2. The van der Waals surface area contributed by atoms with Crippen molar-refractivity contribution < 1.29 is 24.1 Å². The first-order valence-electron chi connectivity index (χ1n) is 8.03. The number of ether oxygens (including phenoxy) is 1. The fraction of sp³-hybridized carbons (Fsp3) is 0.250. The maximum Gasteiger partial charge on any atom is 0.174 e. The van der Waals surface area contributed by atoms with Gasteiger partial charge in [0.25, 0.3) is 0 Å². The van der Waals surface area contributed by atoms with E-state index in [1.807, 2.05) is 19.9 Å². The van der Waals surface area contributed by atoms with Crippen LogP contribution in [-0.2, 0) is 6.42 Å². The Kier molecular flexibility index (Phi) is 4.49. The second kappa shape index (κ2) is 6.59. The largest absolute Gasteiger partial charge is 0.507 e. The molecule has 0 spiro atoms. The molecule has 1 aliphatic heterocycles. The summed E-state index contributed by atoms with van der Waals surface area (Å²) in [6, 6.07) is 6.92. The molecule has 1 aliphatic rings. The molecule has 1 heterocycles. The Labute approximate surface area is 145 Å². The van der Waals surface area contributed by atoms with Crippen molar-refractivity contribution in [2.45, 2.75) is 32.8 Å². The van der Waals surface area contributed by atoms with Gasteiger partial charge in [0.2, 0.25) is 0 Å². The van der Waals surface area contributed by atoms with Gasteiger partial charge in [-0.25, -0.2) is 4.39 Å². The standard InChI is InChI=1S/C20H19FO4/c1-11(2)3-8-14-15(22)9-16(23)19-17(24)10-18(25-20(14)19)12-4-6-13(21)7-5-12/h3-7,9,18,22-23H,8,10H2,1-2H3. The number of phenols is 2. The number of carbonyl (C=O) groups excluding carboxylic acids is 1. The Hall–Kier alpha value is -2.82. The first-order valence-corrected chi connectivity index (χ1v) is 8.03. The van der Waals surface area contributed by atoms with Crippen LogP contribution in [0.2, 0.25) is 0 Å². The van der Waals surface area contributed by atoms with Crippen molar-refractivity contribution in [3.63, 3.8) is 0 Å². The van der Waals surface area contributed by atoms with E-state index in [1.165, 1.54) is 18.2 Å². The average molecular weight is 342 g/mol. The summed E-state index contributed by atoms with van der Waals surface area (Å²) >= 11 is 0. The van der Waals surface area contributed by atoms with E-state index >= 15 is 0 Å². The summed E-state index contributed by atoms with van der Waals surface area (Å²) in [5.41, 5.74) is 2.26. The van der Waals surface area contributed by atoms with Gasteiger partial charge in [-0.15, -0.1) is 0 Å². The highest BCUT2D eigenvalue weighted by atomic mass is 19.1. The summed E-state index contributed by atoms with van der Waals surface area (Å²) in [6.45, 7) is 3.86. The van der Waals surface area contributed by atoms with Crippen LogP contribution in [0.25, 0.3) is 0 Å². The van der Waals surface area contributed by atoms with E-state index in [0.717, 1.165) is 5.57 Å². The van der Waals surface area contributed by atoms with Crippen LogP contribution in [0.5, 0.6) is 17.2 Å². The molecule has 0 aromatic heterocycles. The number of aromatic hydroxyl groups is 2. The quantitative estimate of drug-likeness (QED) is 0.809. The zero-order chi connectivity index (χ0) is 18.1. The van der Waals surface area contributed by atoms with Crippen LogP contribution >= 0.6 is 0 Å². The molecule has 1 atom stereocenters. The zero-order valence-corrected chi connectivity index (χ0v) is 14.0. The fourth-order valence-electron chi connectivity index (χ4n) is 2.89. The van der Waals surface area contributed by atoms with Crippen molar-refractivity contribution in [1.29, 1.82) is 0 Å². The van der Waals surface area contributed by atoms with Crippen molar-refractivity contribution in [3.05, 3.63) is 64.5 Å². The lowest BCUT2D eigenvalue weighted by atomic mass is 9.92. The first kappa shape index (κ1) is 17.0. The summed E-state index contributed by atoms with van der Waals surface area (Å²) < 4.78 is 19.1. The molecule has 4 nitrogen and oxygen atoms in total. The van der Waals surface area contributed by atoms with E-state index < -0.39 is 6.10 Å². The summed E-state index contributed by atoms with van der Waals surface area (Å²) in [4.78, 5) is 12.5. The van der Waals surface area contributed by atoms with Crippen LogP contribution in [0, 0.1) is 5.82 Å². The molecule has 0 saturated heterocycles. The average Bonchev–Trinajstić information content (AvgIpc) is 2.54. The van der Waals surface area contributed by atoms with Crippen LogP contribution < -0.4 is 4.74 Å². The minimum absolute atomic E-state index is 0.0407. The van der Waals surface area contributed by atoms with E-state index in [9.17, 15) is 19.4 Å². The zero-order valence-electron chi connectivity index (χ0n) is 14.0. The van der Waals surface area contributed by atoms with Crippen molar-refractivity contribution in [1.82, 2.24) is 0 Å². The van der Waals surface area contributed by atoms with Crippen molar-refractivity contribution >= 4 is 5.78 Å². The second-order valence-electron chi connectivity index (χ2n) is 6.37. The van der Waals surface area contributed by atoms with Gasteiger partial charge in [0, 0.05) is 11.6 Å². The van der Waals surface area contributed by atoms with Crippen molar-refractivity contribution in [2.24, 2.45) is 0 Å². The van der Waals surface area contributed by atoms with Crippen LogP contribution in [0.1, 0.15) is 47.9 Å². The van der Waals surface area contributed by atoms with E-state index in [-0.39, 0.29) is 40.8 Å². The Morgan fingerprint density at radius 3 is 2.56 bits per heavy atom. The third-order valence-corrected chi connectivity index (χ3v) is 4.21. The van der Waals surface area contributed by atoms with E-state index in [0.29, 0.717) is 17.5 Å². The summed E-state index contributed by atoms with van der Waals surface area (Å²) in [6.07, 6.45) is 1.73. The van der Waals surface area contributed by atoms with Gasteiger partial charge in [-0.1, -0.05) is 23.8 Å². The smallest absolute Gasteiger partial charge is 0.174 e. The monoisotopic (exact) mass is 342 g/mol. The highest BCUT2D eigenvalue weighted by molar-refractivity contribution is 6.03. The van der Waals surface area contributed by atoms with Gasteiger partial charge in [0.05, 0.1) is 6.42 Å². The van der Waals surface area contributed by atoms with Gasteiger partial charge < -0.3 is 14.9 Å². The van der Waals surface area contributed by atoms with Crippen LogP contribution in [-0.4, -0.2) is 16.0 Å². The Morgan fingerprint density at radius 2 is 1.92 bits per heavy atom. The van der Waals surface area contributed by atoms with Gasteiger partial charge in [-0.05, 0) is 38.0 Å². The van der Waals surface area contributed by atoms with Gasteiger partial charge in [0.15, 0.2) is 5.78 Å². The van der Waals surface area contributed by atoms with E-state index in [1.54, 1.807) is 12.1 Å². The summed E-state index contributed by atoms with van der Waals surface area (Å²) in [5.74, 6) is -0.866. The minimum Gasteiger partial charge on any atom is -0.507 e. The molecule has 25 heavy (non-hydrogen) atoms. The maximum absolute atomic E-state index is 13.1. The topological polar surface area (TPSA) is 66.8 Å². The molecule has 0 amide bonds. The molecule has 3 rings (SSSR count). The molecule has 0 aliphatic carbocycles. The first-order chi connectivity index (χ1) is 11.9. The van der Waals surface area contributed by atoms with Crippen molar-refractivity contribution in [2.75, 3.05) is 0 Å². The number of phenolic OH excluding ortho intramolecular Hbond substituents is 2. The summed E-state index contributed by atoms with van der Waals surface area (Å²) in [5, 5.41) is 20.3. The van der Waals surface area contributed by atoms with Crippen LogP contribution in [0.3, 0.4) is 0 Å². The van der Waals surface area contributed by atoms with E-state index in [4.69, 9.17) is 4.74 Å². The highest BCUT2D eigenvalue weighted by Crippen LogP contribution is 2.45. The number of ketones is 1. The third-order valence-electron chi connectivity index (χ3n) is 4.21.